The van der Waals surface area contributed by atoms with Crippen molar-refractivity contribution in [3.05, 3.63) is 18.2 Å². The number of aromatic nitrogens is 2. The number of hydrogen-bond acceptors (Lipinski definition) is 3. The summed E-state index contributed by atoms with van der Waals surface area (Å²) in [5, 5.41) is 2.86. The Balaban J connectivity index is 3.03. The van der Waals surface area contributed by atoms with Crippen LogP contribution in [0.2, 0.25) is 0 Å². The van der Waals surface area contributed by atoms with Gasteiger partial charge in [0.25, 0.3) is 0 Å². The van der Waals surface area contributed by atoms with Crippen LogP contribution in [0.4, 0.5) is 0 Å². The van der Waals surface area contributed by atoms with Crippen LogP contribution in [-0.4, -0.2) is 22.5 Å². The van der Waals surface area contributed by atoms with E-state index in [2.05, 4.69) is 10.3 Å². The molecule has 1 aromatic rings. The quantitative estimate of drug-likeness (QED) is 0.723. The van der Waals surface area contributed by atoms with Crippen molar-refractivity contribution in [3.8, 4) is 0 Å². The molecule has 14 heavy (non-hydrogen) atoms. The molecular weight excluding hydrogens is 180 g/mol. The lowest BCUT2D eigenvalue weighted by atomic mass is 10.2. The molecule has 1 atom stereocenters. The van der Waals surface area contributed by atoms with Crippen LogP contribution in [0.3, 0.4) is 0 Å². The molecule has 0 bridgehead atoms. The third-order valence-electron chi connectivity index (χ3n) is 2.12. The second-order valence-corrected chi connectivity index (χ2v) is 3.44. The van der Waals surface area contributed by atoms with Crippen LogP contribution in [0.25, 0.3) is 0 Å². The van der Waals surface area contributed by atoms with E-state index in [4.69, 9.17) is 5.73 Å². The fraction of sp³-hybridized carbons (Fsp3) is 0.556. The van der Waals surface area contributed by atoms with Gasteiger partial charge in [-0.2, -0.15) is 0 Å². The molecule has 0 spiro atoms. The Bertz CT molecular complexity index is 318. The number of nitrogens with one attached hydrogen (secondary N) is 1. The van der Waals surface area contributed by atoms with Gasteiger partial charge in [0.2, 0.25) is 5.91 Å². The Kier molecular flexibility index (Phi) is 3.24. The van der Waals surface area contributed by atoms with E-state index in [0.29, 0.717) is 0 Å². The van der Waals surface area contributed by atoms with Crippen molar-refractivity contribution in [2.75, 3.05) is 7.05 Å². The second kappa shape index (κ2) is 4.23. The molecule has 0 radical (unpaired) electrons. The first-order valence-corrected chi connectivity index (χ1v) is 4.56. The molecule has 0 aliphatic carbocycles. The first-order valence-electron chi connectivity index (χ1n) is 4.56. The standard InChI is InChI=1S/C9H16N4O/c1-6(2)13-5-12-4-7(13)8(11-3)9(10)14/h4-6,8,11H,1-3H3,(H2,10,14). The van der Waals surface area contributed by atoms with E-state index >= 15 is 0 Å². The normalized spacial score (nSPS) is 13.1. The van der Waals surface area contributed by atoms with Gasteiger partial charge < -0.3 is 15.6 Å². The Morgan fingerprint density at radius 1 is 1.64 bits per heavy atom. The van der Waals surface area contributed by atoms with Crippen LogP contribution >= 0.6 is 0 Å². The van der Waals surface area contributed by atoms with Gasteiger partial charge in [-0.1, -0.05) is 0 Å². The number of imidazole rings is 1. The summed E-state index contributed by atoms with van der Waals surface area (Å²) in [6.45, 7) is 4.05. The van der Waals surface area contributed by atoms with Gasteiger partial charge in [-0.25, -0.2) is 4.98 Å². The maximum absolute atomic E-state index is 11.1. The molecular formula is C9H16N4O. The fourth-order valence-electron chi connectivity index (χ4n) is 1.41. The molecule has 0 fully saturated rings. The highest BCUT2D eigenvalue weighted by Crippen LogP contribution is 2.16. The van der Waals surface area contributed by atoms with Crippen LogP contribution in [0.5, 0.6) is 0 Å². The molecule has 3 N–H and O–H groups in total. The lowest BCUT2D eigenvalue weighted by molar-refractivity contribution is -0.120. The summed E-state index contributed by atoms with van der Waals surface area (Å²) in [4.78, 5) is 15.1. The van der Waals surface area contributed by atoms with E-state index in [1.165, 1.54) is 0 Å². The fourth-order valence-corrected chi connectivity index (χ4v) is 1.41. The molecule has 5 nitrogen and oxygen atoms in total. The highest BCUT2D eigenvalue weighted by atomic mass is 16.1. The van der Waals surface area contributed by atoms with Crippen molar-refractivity contribution in [1.29, 1.82) is 0 Å². The summed E-state index contributed by atoms with van der Waals surface area (Å²) < 4.78 is 1.92. The smallest absolute Gasteiger partial charge is 0.240 e. The molecule has 0 aromatic carbocycles. The molecule has 1 amide bonds. The lowest BCUT2D eigenvalue weighted by Gasteiger charge is -2.17. The van der Waals surface area contributed by atoms with Crippen molar-refractivity contribution < 1.29 is 4.79 Å². The van der Waals surface area contributed by atoms with Crippen LogP contribution < -0.4 is 11.1 Å². The first kappa shape index (κ1) is 10.7. The lowest BCUT2D eigenvalue weighted by Crippen LogP contribution is -2.33. The largest absolute Gasteiger partial charge is 0.368 e. The Morgan fingerprint density at radius 2 is 2.29 bits per heavy atom. The summed E-state index contributed by atoms with van der Waals surface area (Å²) >= 11 is 0. The highest BCUT2D eigenvalue weighted by Gasteiger charge is 2.20. The van der Waals surface area contributed by atoms with Gasteiger partial charge in [-0.15, -0.1) is 0 Å². The van der Waals surface area contributed by atoms with Crippen LogP contribution in [-0.2, 0) is 4.79 Å². The zero-order valence-electron chi connectivity index (χ0n) is 8.69. The van der Waals surface area contributed by atoms with Crippen LogP contribution in [0.15, 0.2) is 12.5 Å². The number of carbonyl (C=O) groups excluding carboxylic acids is 1. The maximum Gasteiger partial charge on any atom is 0.240 e. The predicted octanol–water partition coefficient (Wildman–Crippen LogP) is 0.210. The number of nitrogens with two attached hydrogens (primary N) is 1. The topological polar surface area (TPSA) is 72.9 Å². The molecule has 5 heteroatoms. The zero-order chi connectivity index (χ0) is 10.7. The van der Waals surface area contributed by atoms with E-state index in [1.54, 1.807) is 19.6 Å². The van der Waals surface area contributed by atoms with E-state index in [9.17, 15) is 4.79 Å². The zero-order valence-corrected chi connectivity index (χ0v) is 8.69. The summed E-state index contributed by atoms with van der Waals surface area (Å²) in [6.07, 6.45) is 3.36. The Hall–Kier alpha value is -1.36. The van der Waals surface area contributed by atoms with Gasteiger partial charge in [-0.3, -0.25) is 4.79 Å². The molecule has 0 aliphatic heterocycles. The number of rotatable bonds is 4. The van der Waals surface area contributed by atoms with E-state index in [-0.39, 0.29) is 6.04 Å². The molecule has 0 saturated heterocycles. The number of primary amides is 1. The molecule has 1 unspecified atom stereocenters. The number of nitrogens with zero attached hydrogens (tertiary/aromatic N) is 2. The van der Waals surface area contributed by atoms with Gasteiger partial charge in [0.15, 0.2) is 0 Å². The van der Waals surface area contributed by atoms with Crippen molar-refractivity contribution in [3.63, 3.8) is 0 Å². The van der Waals surface area contributed by atoms with Gasteiger partial charge >= 0.3 is 0 Å². The third-order valence-corrected chi connectivity index (χ3v) is 2.12. The van der Waals surface area contributed by atoms with E-state index in [1.807, 2.05) is 18.4 Å². The van der Waals surface area contributed by atoms with Crippen LogP contribution in [0, 0.1) is 0 Å². The molecule has 0 saturated carbocycles. The number of hydrogen-bond donors (Lipinski definition) is 2. The van der Waals surface area contributed by atoms with Crippen LogP contribution in [0.1, 0.15) is 31.6 Å². The monoisotopic (exact) mass is 196 g/mol. The summed E-state index contributed by atoms with van der Waals surface area (Å²) in [7, 11) is 1.70. The van der Waals surface area contributed by atoms with Gasteiger partial charge in [0.05, 0.1) is 18.2 Å². The predicted molar refractivity (Wildman–Crippen MR) is 53.6 cm³/mol. The van der Waals surface area contributed by atoms with Gasteiger partial charge in [0, 0.05) is 6.04 Å². The Morgan fingerprint density at radius 3 is 2.71 bits per heavy atom. The molecule has 1 heterocycles. The average Bonchev–Trinajstić information content (AvgIpc) is 2.53. The average molecular weight is 196 g/mol. The van der Waals surface area contributed by atoms with E-state index < -0.39 is 11.9 Å². The minimum Gasteiger partial charge on any atom is -0.368 e. The van der Waals surface area contributed by atoms with Crippen molar-refractivity contribution >= 4 is 5.91 Å². The van der Waals surface area contributed by atoms with Gasteiger partial charge in [-0.05, 0) is 20.9 Å². The first-order chi connectivity index (χ1) is 6.57. The third kappa shape index (κ3) is 1.93. The van der Waals surface area contributed by atoms with Crippen molar-refractivity contribution in [2.24, 2.45) is 5.73 Å². The summed E-state index contributed by atoms with van der Waals surface area (Å²) in [6, 6.07) is -0.206. The molecule has 1 aromatic heterocycles. The number of amides is 1. The number of likely N-dealkylation sites (N-methyl/N-ethyl adjacent to an activating group) is 1. The van der Waals surface area contributed by atoms with Crippen molar-refractivity contribution in [2.45, 2.75) is 25.9 Å². The minimum absolute atomic E-state index is 0.266. The molecule has 78 valence electrons. The minimum atomic E-state index is -0.472. The molecule has 0 aliphatic rings. The van der Waals surface area contributed by atoms with Gasteiger partial charge in [0.1, 0.15) is 6.04 Å². The van der Waals surface area contributed by atoms with Crippen molar-refractivity contribution in [1.82, 2.24) is 14.9 Å². The van der Waals surface area contributed by atoms with E-state index in [0.717, 1.165) is 5.69 Å². The number of carbonyl (C=O) groups is 1. The Labute approximate surface area is 83.3 Å². The highest BCUT2D eigenvalue weighted by molar-refractivity contribution is 5.80. The summed E-state index contributed by atoms with van der Waals surface area (Å²) in [5.41, 5.74) is 6.07. The second-order valence-electron chi connectivity index (χ2n) is 3.44. The maximum atomic E-state index is 11.1. The SMILES string of the molecule is CNC(C(N)=O)c1cncn1C(C)C. The molecule has 1 rings (SSSR count). The summed E-state index contributed by atoms with van der Waals surface area (Å²) in [5.74, 6) is -0.394.